The summed E-state index contributed by atoms with van der Waals surface area (Å²) in [4.78, 5) is 32.8. The molecule has 0 unspecified atom stereocenters. The minimum atomic E-state index is -1.23. The smallest absolute Gasteiger partial charge is 0.259 e. The summed E-state index contributed by atoms with van der Waals surface area (Å²) in [7, 11) is 0. The minimum absolute atomic E-state index is 0.0322. The van der Waals surface area contributed by atoms with Crippen LogP contribution in [0.3, 0.4) is 0 Å². The molecule has 180 valence electrons. The fraction of sp³-hybridized carbons (Fsp3) is 0.385. The molecule has 2 aromatic heterocycles. The number of nitrogens with one attached hydrogen (secondary N) is 1. The summed E-state index contributed by atoms with van der Waals surface area (Å²) in [6, 6.07) is 5.79. The van der Waals surface area contributed by atoms with E-state index in [0.29, 0.717) is 29.0 Å². The van der Waals surface area contributed by atoms with E-state index in [1.807, 2.05) is 24.0 Å². The Kier molecular flexibility index (Phi) is 4.60. The number of aliphatic hydroxyl groups is 1. The van der Waals surface area contributed by atoms with E-state index < -0.39 is 5.60 Å². The normalized spacial score (nSPS) is 18.0. The van der Waals surface area contributed by atoms with Crippen molar-refractivity contribution >= 4 is 23.3 Å². The van der Waals surface area contributed by atoms with Gasteiger partial charge in [-0.25, -0.2) is 9.50 Å². The van der Waals surface area contributed by atoms with E-state index in [2.05, 4.69) is 16.5 Å². The van der Waals surface area contributed by atoms with E-state index in [0.717, 1.165) is 30.4 Å². The molecule has 9 heteroatoms. The van der Waals surface area contributed by atoms with Gasteiger partial charge in [-0.05, 0) is 74.9 Å². The molecule has 1 atom stereocenters. The van der Waals surface area contributed by atoms with Crippen LogP contribution in [0.25, 0.3) is 16.9 Å². The summed E-state index contributed by atoms with van der Waals surface area (Å²) >= 11 is 0. The van der Waals surface area contributed by atoms with Crippen LogP contribution in [-0.2, 0) is 12.1 Å². The highest BCUT2D eigenvalue weighted by Crippen LogP contribution is 2.39. The molecule has 4 N–H and O–H groups in total. The van der Waals surface area contributed by atoms with Gasteiger partial charge in [0.15, 0.2) is 11.5 Å². The highest BCUT2D eigenvalue weighted by atomic mass is 16.3. The van der Waals surface area contributed by atoms with Gasteiger partial charge in [-0.3, -0.25) is 9.59 Å². The Morgan fingerprint density at radius 1 is 1.31 bits per heavy atom. The van der Waals surface area contributed by atoms with E-state index in [1.165, 1.54) is 10.1 Å². The number of amides is 2. The van der Waals surface area contributed by atoms with Crippen LogP contribution in [0.4, 0.5) is 5.82 Å². The van der Waals surface area contributed by atoms with Gasteiger partial charge in [0.1, 0.15) is 5.56 Å². The molecule has 9 nitrogen and oxygen atoms in total. The molecule has 0 spiro atoms. The Bertz CT molecular complexity index is 1440. The van der Waals surface area contributed by atoms with Crippen LogP contribution in [0.1, 0.15) is 71.9 Å². The third-order valence-electron chi connectivity index (χ3n) is 7.09. The number of allylic oxidation sites excluding steroid dienone is 1. The molecule has 35 heavy (non-hydrogen) atoms. The second-order valence-electron chi connectivity index (χ2n) is 10.3. The molecule has 1 aromatic carbocycles. The fourth-order valence-electron chi connectivity index (χ4n) is 4.83. The molecule has 0 radical (unpaired) electrons. The van der Waals surface area contributed by atoms with E-state index in [4.69, 9.17) is 10.7 Å². The van der Waals surface area contributed by atoms with E-state index in [9.17, 15) is 14.7 Å². The van der Waals surface area contributed by atoms with Crippen LogP contribution in [0, 0.1) is 0 Å². The lowest BCUT2D eigenvalue weighted by Crippen LogP contribution is -2.33. The second-order valence-corrected chi connectivity index (χ2v) is 10.3. The number of hydrogen-bond acceptors (Lipinski definition) is 6. The zero-order valence-corrected chi connectivity index (χ0v) is 20.0. The van der Waals surface area contributed by atoms with E-state index in [-0.39, 0.29) is 35.3 Å². The van der Waals surface area contributed by atoms with Gasteiger partial charge in [0, 0.05) is 24.3 Å². The number of hydrogen-bond donors (Lipinski definition) is 3. The molecule has 1 saturated carbocycles. The molecular formula is C26H28N6O3. The van der Waals surface area contributed by atoms with Gasteiger partial charge in [-0.15, -0.1) is 5.10 Å². The summed E-state index contributed by atoms with van der Waals surface area (Å²) in [5.74, 6) is -0.209. The zero-order chi connectivity index (χ0) is 24.6. The molecule has 0 bridgehead atoms. The summed E-state index contributed by atoms with van der Waals surface area (Å²) in [5, 5.41) is 18.2. The Balaban J connectivity index is 1.45. The zero-order valence-electron chi connectivity index (χ0n) is 20.0. The lowest BCUT2D eigenvalue weighted by molar-refractivity contribution is 0.0679. The van der Waals surface area contributed by atoms with Crippen molar-refractivity contribution in [3.05, 3.63) is 58.3 Å². The first kappa shape index (κ1) is 21.8. The largest absolute Gasteiger partial charge is 0.386 e. The van der Waals surface area contributed by atoms with Crippen LogP contribution in [-0.4, -0.2) is 48.5 Å². The number of aromatic nitrogens is 3. The number of fused-ring (bicyclic) bond motifs is 2. The Hall–Kier alpha value is -3.72. The van der Waals surface area contributed by atoms with Gasteiger partial charge < -0.3 is 21.1 Å². The maximum absolute atomic E-state index is 13.4. The van der Waals surface area contributed by atoms with Gasteiger partial charge in [0.2, 0.25) is 0 Å². The van der Waals surface area contributed by atoms with Gasteiger partial charge in [0.05, 0.1) is 22.9 Å². The molecule has 2 aliphatic carbocycles. The molecule has 3 heterocycles. The third-order valence-corrected chi connectivity index (χ3v) is 7.09. The average Bonchev–Trinajstić information content (AvgIpc) is 3.72. The van der Waals surface area contributed by atoms with Crippen LogP contribution in [0.15, 0.2) is 36.0 Å². The molecule has 3 aliphatic rings. The maximum Gasteiger partial charge on any atom is 0.259 e. The van der Waals surface area contributed by atoms with Crippen LogP contribution < -0.4 is 11.1 Å². The number of rotatable bonds is 6. The number of nitrogen functional groups attached to an aromatic ring is 1. The van der Waals surface area contributed by atoms with Gasteiger partial charge in [0.25, 0.3) is 11.8 Å². The third kappa shape index (κ3) is 3.67. The van der Waals surface area contributed by atoms with Gasteiger partial charge >= 0.3 is 0 Å². The van der Waals surface area contributed by atoms with Crippen molar-refractivity contribution in [1.82, 2.24) is 24.8 Å². The Labute approximate surface area is 202 Å². The first-order chi connectivity index (χ1) is 16.6. The number of carbonyl (C=O) groups is 2. The lowest BCUT2D eigenvalue weighted by Gasteiger charge is -2.24. The number of benzene rings is 1. The number of carbonyl (C=O) groups excluding carboxylic acids is 2. The van der Waals surface area contributed by atoms with Crippen LogP contribution in [0.5, 0.6) is 0 Å². The second kappa shape index (κ2) is 7.39. The molecule has 3 aromatic rings. The van der Waals surface area contributed by atoms with E-state index in [1.54, 1.807) is 26.1 Å². The Morgan fingerprint density at radius 2 is 2.06 bits per heavy atom. The lowest BCUT2D eigenvalue weighted by atomic mass is 9.88. The van der Waals surface area contributed by atoms with Gasteiger partial charge in [-0.2, -0.15) is 0 Å². The summed E-state index contributed by atoms with van der Waals surface area (Å²) in [6.45, 7) is 5.88. The number of nitrogens with zero attached hydrogens (tertiary/aromatic N) is 4. The first-order valence-corrected chi connectivity index (χ1v) is 12.0. The first-order valence-electron chi connectivity index (χ1n) is 12.0. The quantitative estimate of drug-likeness (QED) is 0.474. The number of nitrogens with two attached hydrogens (primary N) is 1. The van der Waals surface area contributed by atoms with Crippen molar-refractivity contribution in [2.45, 2.75) is 64.3 Å². The molecule has 2 amide bonds. The Morgan fingerprint density at radius 3 is 2.71 bits per heavy atom. The molecule has 0 saturated heterocycles. The monoisotopic (exact) mass is 472 g/mol. The van der Waals surface area contributed by atoms with Crippen molar-refractivity contribution in [3.63, 3.8) is 0 Å². The number of anilines is 1. The highest BCUT2D eigenvalue weighted by molar-refractivity contribution is 6.05. The molecule has 1 aliphatic heterocycles. The van der Waals surface area contributed by atoms with Crippen molar-refractivity contribution in [2.24, 2.45) is 0 Å². The molecule has 6 rings (SSSR count). The van der Waals surface area contributed by atoms with Gasteiger partial charge in [-0.1, -0.05) is 6.08 Å². The summed E-state index contributed by atoms with van der Waals surface area (Å²) in [5.41, 5.74) is 10.1. The SMILES string of the molecule is C[C@@H](C1=CC1)N1Cc2cc(-c3ccn4nc(N)c(C(=O)NC5CC5)c4n3)cc(C(C)(C)O)c2C1=O. The van der Waals surface area contributed by atoms with Crippen molar-refractivity contribution in [2.75, 3.05) is 5.73 Å². The predicted molar refractivity (Wildman–Crippen MR) is 131 cm³/mol. The van der Waals surface area contributed by atoms with E-state index >= 15 is 0 Å². The minimum Gasteiger partial charge on any atom is -0.386 e. The topological polar surface area (TPSA) is 126 Å². The fourth-order valence-corrected chi connectivity index (χ4v) is 4.83. The standard InChI is InChI=1S/C26H28N6O3/c1-13(14-4-5-14)31-12-16-10-15(11-18(26(2,3)35)20(16)25(31)34)19-8-9-32-23(29-19)21(22(27)30-32)24(33)28-17-6-7-17/h4,8-11,13,17,35H,5-7,12H2,1-3H3,(H2,27,30)(H,28,33)/t13-/m0/s1. The maximum atomic E-state index is 13.4. The van der Waals surface area contributed by atoms with Crippen molar-refractivity contribution < 1.29 is 14.7 Å². The summed E-state index contributed by atoms with van der Waals surface area (Å²) < 4.78 is 1.50. The average molecular weight is 473 g/mol. The van der Waals surface area contributed by atoms with Crippen molar-refractivity contribution in [1.29, 1.82) is 0 Å². The summed E-state index contributed by atoms with van der Waals surface area (Å²) in [6.07, 6.45) is 6.72. The van der Waals surface area contributed by atoms with Crippen molar-refractivity contribution in [3.8, 4) is 11.3 Å². The molecular weight excluding hydrogens is 444 g/mol. The van der Waals surface area contributed by atoms with Crippen LogP contribution >= 0.6 is 0 Å². The van der Waals surface area contributed by atoms with Crippen LogP contribution in [0.2, 0.25) is 0 Å². The highest BCUT2D eigenvalue weighted by Gasteiger charge is 2.38. The predicted octanol–water partition coefficient (Wildman–Crippen LogP) is 2.77. The molecule has 1 fully saturated rings.